The van der Waals surface area contributed by atoms with Gasteiger partial charge < -0.3 is 9.64 Å². The van der Waals surface area contributed by atoms with Crippen LogP contribution in [0.5, 0.6) is 5.88 Å². The smallest absolute Gasteiger partial charge is 0.240 e. The van der Waals surface area contributed by atoms with Crippen molar-refractivity contribution in [3.05, 3.63) is 23.9 Å². The number of ether oxygens (including phenoxy) is 1. The van der Waals surface area contributed by atoms with Crippen LogP contribution in [0.25, 0.3) is 0 Å². The van der Waals surface area contributed by atoms with Crippen molar-refractivity contribution in [2.24, 2.45) is 11.0 Å². The number of hydrogen-bond acceptors (Lipinski definition) is 5. The van der Waals surface area contributed by atoms with Crippen molar-refractivity contribution < 1.29 is 9.53 Å². The third kappa shape index (κ3) is 4.54. The molecule has 0 bridgehead atoms. The van der Waals surface area contributed by atoms with Crippen LogP contribution in [0.4, 0.5) is 0 Å². The number of amides is 1. The van der Waals surface area contributed by atoms with Crippen LogP contribution in [0.2, 0.25) is 0 Å². The first-order valence-corrected chi connectivity index (χ1v) is 8.90. The topological polar surface area (TPSA) is 66.8 Å². The van der Waals surface area contributed by atoms with E-state index in [1.165, 1.54) is 32.4 Å². The van der Waals surface area contributed by atoms with Gasteiger partial charge in [-0.3, -0.25) is 4.79 Å². The van der Waals surface area contributed by atoms with E-state index in [-0.39, 0.29) is 11.8 Å². The van der Waals surface area contributed by atoms with Crippen LogP contribution in [0.15, 0.2) is 23.4 Å². The maximum atomic E-state index is 11.3. The number of carbonyl (C=O) groups excluding carboxylic acids is 1. The molecule has 1 fully saturated rings. The highest BCUT2D eigenvalue weighted by Gasteiger charge is 2.21. The molecule has 130 valence electrons. The Morgan fingerprint density at radius 1 is 1.29 bits per heavy atom. The van der Waals surface area contributed by atoms with Crippen molar-refractivity contribution in [1.82, 2.24) is 15.3 Å². The Balaban J connectivity index is 1.45. The van der Waals surface area contributed by atoms with E-state index in [1.54, 1.807) is 6.20 Å². The molecule has 1 unspecified atom stereocenters. The van der Waals surface area contributed by atoms with Gasteiger partial charge >= 0.3 is 0 Å². The van der Waals surface area contributed by atoms with Crippen molar-refractivity contribution in [2.45, 2.75) is 39.0 Å². The number of hydrazone groups is 1. The summed E-state index contributed by atoms with van der Waals surface area (Å²) in [5.41, 5.74) is 4.34. The molecule has 0 radical (unpaired) electrons. The molecule has 2 aliphatic heterocycles. The van der Waals surface area contributed by atoms with Gasteiger partial charge in [-0.1, -0.05) is 13.3 Å². The van der Waals surface area contributed by atoms with Gasteiger partial charge in [0, 0.05) is 36.7 Å². The molecule has 6 nitrogen and oxygen atoms in total. The number of pyridine rings is 1. The maximum Gasteiger partial charge on any atom is 0.240 e. The van der Waals surface area contributed by atoms with Gasteiger partial charge in [-0.2, -0.15) is 5.10 Å². The molecule has 3 heterocycles. The summed E-state index contributed by atoms with van der Waals surface area (Å²) in [5.74, 6) is 0.718. The van der Waals surface area contributed by atoms with Crippen molar-refractivity contribution in [3.8, 4) is 5.88 Å². The molecule has 1 aromatic heterocycles. The highest BCUT2D eigenvalue weighted by molar-refractivity contribution is 6.05. The van der Waals surface area contributed by atoms with Crippen LogP contribution in [-0.4, -0.2) is 47.7 Å². The summed E-state index contributed by atoms with van der Waals surface area (Å²) >= 11 is 0. The van der Waals surface area contributed by atoms with Crippen LogP contribution in [-0.2, 0) is 4.79 Å². The molecule has 2 aliphatic rings. The molecular weight excluding hydrogens is 304 g/mol. The Labute approximate surface area is 143 Å². The van der Waals surface area contributed by atoms with E-state index >= 15 is 0 Å². The summed E-state index contributed by atoms with van der Waals surface area (Å²) in [5, 5.41) is 4.15. The highest BCUT2D eigenvalue weighted by atomic mass is 16.5. The third-order valence-electron chi connectivity index (χ3n) is 4.61. The van der Waals surface area contributed by atoms with E-state index in [1.807, 2.05) is 19.1 Å². The van der Waals surface area contributed by atoms with Crippen LogP contribution in [0, 0.1) is 5.92 Å². The summed E-state index contributed by atoms with van der Waals surface area (Å²) in [4.78, 5) is 18.2. The molecule has 1 saturated heterocycles. The van der Waals surface area contributed by atoms with Crippen molar-refractivity contribution in [2.75, 3.05) is 26.2 Å². The normalized spacial score (nSPS) is 22.0. The number of hydrogen-bond donors (Lipinski definition) is 1. The predicted molar refractivity (Wildman–Crippen MR) is 93.1 cm³/mol. The van der Waals surface area contributed by atoms with Gasteiger partial charge in [0.2, 0.25) is 11.8 Å². The molecule has 6 heteroatoms. The number of piperidine rings is 1. The predicted octanol–water partition coefficient (Wildman–Crippen LogP) is 2.20. The van der Waals surface area contributed by atoms with Crippen LogP contribution >= 0.6 is 0 Å². The lowest BCUT2D eigenvalue weighted by Gasteiger charge is -2.26. The number of likely N-dealkylation sites (tertiary alicyclic amines) is 1. The Kier molecular flexibility index (Phi) is 5.80. The van der Waals surface area contributed by atoms with Crippen molar-refractivity contribution in [3.63, 3.8) is 0 Å². The van der Waals surface area contributed by atoms with Gasteiger partial charge in [0.25, 0.3) is 0 Å². The fraction of sp³-hybridized carbons (Fsp3) is 0.611. The first-order chi connectivity index (χ1) is 11.7. The van der Waals surface area contributed by atoms with Crippen LogP contribution < -0.4 is 10.2 Å². The monoisotopic (exact) mass is 330 g/mol. The molecule has 24 heavy (non-hydrogen) atoms. The molecule has 1 atom stereocenters. The molecule has 0 aliphatic carbocycles. The zero-order valence-electron chi connectivity index (χ0n) is 14.3. The van der Waals surface area contributed by atoms with Gasteiger partial charge in [0.05, 0.1) is 12.3 Å². The van der Waals surface area contributed by atoms with E-state index < -0.39 is 0 Å². The molecule has 3 rings (SSSR count). The van der Waals surface area contributed by atoms with Crippen LogP contribution in [0.1, 0.15) is 44.6 Å². The summed E-state index contributed by atoms with van der Waals surface area (Å²) in [6.07, 6.45) is 7.29. The molecule has 0 aromatic carbocycles. The Hall–Kier alpha value is -1.95. The average molecular weight is 330 g/mol. The molecule has 0 saturated carbocycles. The number of nitrogens with zero attached hydrogens (tertiary/aromatic N) is 3. The van der Waals surface area contributed by atoms with Gasteiger partial charge in [-0.15, -0.1) is 0 Å². The molecular formula is C18H26N4O2. The number of aromatic nitrogens is 1. The van der Waals surface area contributed by atoms with Crippen molar-refractivity contribution >= 4 is 11.6 Å². The number of carbonyl (C=O) groups is 1. The zero-order chi connectivity index (χ0) is 16.8. The molecule has 1 aromatic rings. The molecule has 0 spiro atoms. The van der Waals surface area contributed by atoms with Gasteiger partial charge in [0.15, 0.2) is 0 Å². The standard InChI is InChI=1S/C18H26N4O2/c1-14-12-16(23)20-21-18(14)15-6-7-17(19-13-15)24-11-5-10-22-8-3-2-4-9-22/h6-7,13-14H,2-5,8-12H2,1H3,(H,20,23). The maximum absolute atomic E-state index is 11.3. The fourth-order valence-corrected chi connectivity index (χ4v) is 3.27. The van der Waals surface area contributed by atoms with Crippen molar-refractivity contribution in [1.29, 1.82) is 0 Å². The Morgan fingerprint density at radius 2 is 2.12 bits per heavy atom. The summed E-state index contributed by atoms with van der Waals surface area (Å²) in [6, 6.07) is 3.83. The lowest BCUT2D eigenvalue weighted by atomic mass is 9.95. The fourth-order valence-electron chi connectivity index (χ4n) is 3.27. The molecule has 1 amide bonds. The Morgan fingerprint density at radius 3 is 2.83 bits per heavy atom. The molecule has 1 N–H and O–H groups in total. The first-order valence-electron chi connectivity index (χ1n) is 8.90. The van der Waals surface area contributed by atoms with E-state index in [0.717, 1.165) is 24.2 Å². The van der Waals surface area contributed by atoms with E-state index in [4.69, 9.17) is 4.74 Å². The minimum Gasteiger partial charge on any atom is -0.478 e. The second kappa shape index (κ2) is 8.24. The summed E-state index contributed by atoms with van der Waals surface area (Å²) < 4.78 is 5.74. The first kappa shape index (κ1) is 16.9. The van der Waals surface area contributed by atoms with Gasteiger partial charge in [-0.25, -0.2) is 10.4 Å². The summed E-state index contributed by atoms with van der Waals surface area (Å²) in [6.45, 7) is 6.25. The van der Waals surface area contributed by atoms with Gasteiger partial charge in [0.1, 0.15) is 0 Å². The lowest BCUT2D eigenvalue weighted by Crippen LogP contribution is -2.32. The summed E-state index contributed by atoms with van der Waals surface area (Å²) in [7, 11) is 0. The zero-order valence-corrected chi connectivity index (χ0v) is 14.3. The lowest BCUT2D eigenvalue weighted by molar-refractivity contribution is -0.121. The average Bonchev–Trinajstić information content (AvgIpc) is 2.60. The SMILES string of the molecule is CC1CC(=O)NN=C1c1ccc(OCCCN2CCCCC2)nc1. The van der Waals surface area contributed by atoms with Gasteiger partial charge in [-0.05, 0) is 38.4 Å². The van der Waals surface area contributed by atoms with E-state index in [0.29, 0.717) is 18.9 Å². The highest BCUT2D eigenvalue weighted by Crippen LogP contribution is 2.17. The minimum atomic E-state index is -0.0344. The second-order valence-electron chi connectivity index (χ2n) is 6.63. The largest absolute Gasteiger partial charge is 0.478 e. The quantitative estimate of drug-likeness (QED) is 0.812. The minimum absolute atomic E-state index is 0.0344. The van der Waals surface area contributed by atoms with E-state index in [2.05, 4.69) is 20.4 Å². The Bertz CT molecular complexity index is 579. The number of rotatable bonds is 6. The van der Waals surface area contributed by atoms with E-state index in [9.17, 15) is 4.79 Å². The van der Waals surface area contributed by atoms with Crippen LogP contribution in [0.3, 0.4) is 0 Å². The third-order valence-corrected chi connectivity index (χ3v) is 4.61. The number of nitrogens with one attached hydrogen (secondary N) is 1. The second-order valence-corrected chi connectivity index (χ2v) is 6.63.